The summed E-state index contributed by atoms with van der Waals surface area (Å²) in [4.78, 5) is 23.4. The van der Waals surface area contributed by atoms with Crippen LogP contribution in [0.15, 0.2) is 48.5 Å². The summed E-state index contributed by atoms with van der Waals surface area (Å²) in [5.41, 5.74) is 2.02. The minimum absolute atomic E-state index is 0.0127. The Hall–Kier alpha value is -2.57. The Morgan fingerprint density at radius 1 is 0.958 bits per heavy atom. The van der Waals surface area contributed by atoms with Gasteiger partial charge in [0.2, 0.25) is 11.8 Å². The number of nitrogens with one attached hydrogen (secondary N) is 3. The van der Waals surface area contributed by atoms with Gasteiger partial charge in [-0.2, -0.15) is 0 Å². The number of carbonyl (C=O) groups is 2. The molecule has 0 saturated carbocycles. The first-order valence-corrected chi connectivity index (χ1v) is 7.63. The highest BCUT2D eigenvalue weighted by Crippen LogP contribution is 2.15. The van der Waals surface area contributed by atoms with Crippen molar-refractivity contribution in [3.05, 3.63) is 53.6 Å². The molecule has 0 unspecified atom stereocenters. The quantitative estimate of drug-likeness (QED) is 0.719. The largest absolute Gasteiger partial charge is 0.376 e. The molecular formula is C17H18ClN3O3. The number of amides is 2. The van der Waals surface area contributed by atoms with E-state index < -0.39 is 0 Å². The monoisotopic (exact) mass is 347 g/mol. The van der Waals surface area contributed by atoms with E-state index in [0.717, 1.165) is 5.69 Å². The molecule has 0 radical (unpaired) electrons. The molecule has 0 fully saturated rings. The summed E-state index contributed by atoms with van der Waals surface area (Å²) in [6.07, 6.45) is 0. The summed E-state index contributed by atoms with van der Waals surface area (Å²) >= 11 is 5.80. The van der Waals surface area contributed by atoms with E-state index in [1.165, 1.54) is 7.11 Å². The predicted octanol–water partition coefficient (Wildman–Crippen LogP) is 2.98. The highest BCUT2D eigenvalue weighted by molar-refractivity contribution is 6.30. The lowest BCUT2D eigenvalue weighted by Gasteiger charge is -2.10. The van der Waals surface area contributed by atoms with Gasteiger partial charge in [-0.3, -0.25) is 9.59 Å². The molecule has 0 aliphatic heterocycles. The zero-order valence-electron chi connectivity index (χ0n) is 13.1. The van der Waals surface area contributed by atoms with Gasteiger partial charge in [-0.1, -0.05) is 17.7 Å². The summed E-state index contributed by atoms with van der Waals surface area (Å²) in [5, 5.41) is 9.07. The van der Waals surface area contributed by atoms with Gasteiger partial charge in [0.05, 0.1) is 6.54 Å². The highest BCUT2D eigenvalue weighted by atomic mass is 35.5. The predicted molar refractivity (Wildman–Crippen MR) is 95.5 cm³/mol. The molecule has 2 aromatic carbocycles. The number of anilines is 3. The minimum atomic E-state index is -0.241. The molecule has 24 heavy (non-hydrogen) atoms. The third kappa shape index (κ3) is 5.91. The second-order valence-corrected chi connectivity index (χ2v) is 5.41. The van der Waals surface area contributed by atoms with Crippen molar-refractivity contribution in [2.45, 2.75) is 0 Å². The number of halogens is 1. The van der Waals surface area contributed by atoms with Crippen molar-refractivity contribution >= 4 is 40.5 Å². The van der Waals surface area contributed by atoms with Crippen LogP contribution in [0.2, 0.25) is 5.02 Å². The normalized spacial score (nSPS) is 10.1. The van der Waals surface area contributed by atoms with E-state index in [1.807, 2.05) is 6.07 Å². The van der Waals surface area contributed by atoms with E-state index in [1.54, 1.807) is 42.5 Å². The van der Waals surface area contributed by atoms with Gasteiger partial charge < -0.3 is 20.7 Å². The Morgan fingerprint density at radius 3 is 2.33 bits per heavy atom. The van der Waals surface area contributed by atoms with Gasteiger partial charge in [-0.25, -0.2) is 0 Å². The van der Waals surface area contributed by atoms with Crippen molar-refractivity contribution in [3.63, 3.8) is 0 Å². The SMILES string of the molecule is COCC(=O)Nc1cccc(NCC(=O)Nc2ccc(Cl)cc2)c1. The van der Waals surface area contributed by atoms with Crippen LogP contribution in [0.25, 0.3) is 0 Å². The van der Waals surface area contributed by atoms with E-state index >= 15 is 0 Å². The van der Waals surface area contributed by atoms with Crippen LogP contribution >= 0.6 is 11.6 Å². The van der Waals surface area contributed by atoms with Crippen LogP contribution in [0.4, 0.5) is 17.1 Å². The highest BCUT2D eigenvalue weighted by Gasteiger charge is 2.04. The summed E-state index contributed by atoms with van der Waals surface area (Å²) in [6, 6.07) is 13.9. The third-order valence-corrected chi connectivity index (χ3v) is 3.25. The molecule has 0 heterocycles. The fraction of sp³-hybridized carbons (Fsp3) is 0.176. The molecule has 0 spiro atoms. The zero-order valence-corrected chi connectivity index (χ0v) is 13.9. The Kier molecular flexibility index (Phi) is 6.60. The lowest BCUT2D eigenvalue weighted by atomic mass is 10.2. The van der Waals surface area contributed by atoms with Crippen LogP contribution in [-0.2, 0) is 14.3 Å². The van der Waals surface area contributed by atoms with Gasteiger partial charge in [0.1, 0.15) is 6.61 Å². The number of benzene rings is 2. The molecule has 6 nitrogen and oxygen atoms in total. The Bertz CT molecular complexity index is 704. The maximum absolute atomic E-state index is 11.9. The summed E-state index contributed by atoms with van der Waals surface area (Å²) in [6.45, 7) is 0.0826. The third-order valence-electron chi connectivity index (χ3n) is 3.00. The first kappa shape index (κ1) is 17.8. The van der Waals surface area contributed by atoms with Crippen LogP contribution in [0.5, 0.6) is 0 Å². The Morgan fingerprint density at radius 2 is 1.62 bits per heavy atom. The number of ether oxygens (including phenoxy) is 1. The molecular weight excluding hydrogens is 330 g/mol. The van der Waals surface area contributed by atoms with Gasteiger partial charge in [0.25, 0.3) is 0 Å². The number of hydrogen-bond donors (Lipinski definition) is 3. The van der Waals surface area contributed by atoms with Crippen LogP contribution < -0.4 is 16.0 Å². The second-order valence-electron chi connectivity index (χ2n) is 4.97. The second kappa shape index (κ2) is 8.90. The molecule has 2 amide bonds. The van der Waals surface area contributed by atoms with E-state index in [-0.39, 0.29) is 25.0 Å². The van der Waals surface area contributed by atoms with Crippen molar-refractivity contribution in [2.24, 2.45) is 0 Å². The van der Waals surface area contributed by atoms with E-state index in [9.17, 15) is 9.59 Å². The number of carbonyl (C=O) groups excluding carboxylic acids is 2. The average molecular weight is 348 g/mol. The van der Waals surface area contributed by atoms with Gasteiger partial charge in [0.15, 0.2) is 0 Å². The van der Waals surface area contributed by atoms with Crippen molar-refractivity contribution in [1.82, 2.24) is 0 Å². The number of rotatable bonds is 7. The standard InChI is InChI=1S/C17H18ClN3O3/c1-24-11-17(23)21-15-4-2-3-14(9-15)19-10-16(22)20-13-7-5-12(18)6-8-13/h2-9,19H,10-11H2,1H3,(H,20,22)(H,21,23). The Balaban J connectivity index is 1.86. The van der Waals surface area contributed by atoms with Crippen molar-refractivity contribution in [1.29, 1.82) is 0 Å². The molecule has 0 bridgehead atoms. The zero-order chi connectivity index (χ0) is 17.4. The maximum Gasteiger partial charge on any atom is 0.250 e. The van der Waals surface area contributed by atoms with E-state index in [2.05, 4.69) is 16.0 Å². The lowest BCUT2D eigenvalue weighted by molar-refractivity contribution is -0.119. The molecule has 2 rings (SSSR count). The van der Waals surface area contributed by atoms with Gasteiger partial charge in [0, 0.05) is 29.2 Å². The van der Waals surface area contributed by atoms with Crippen molar-refractivity contribution in [3.8, 4) is 0 Å². The minimum Gasteiger partial charge on any atom is -0.376 e. The van der Waals surface area contributed by atoms with E-state index in [0.29, 0.717) is 16.4 Å². The smallest absolute Gasteiger partial charge is 0.250 e. The lowest BCUT2D eigenvalue weighted by Crippen LogP contribution is -2.22. The van der Waals surface area contributed by atoms with E-state index in [4.69, 9.17) is 16.3 Å². The molecule has 126 valence electrons. The molecule has 0 aliphatic rings. The van der Waals surface area contributed by atoms with Gasteiger partial charge in [-0.15, -0.1) is 0 Å². The fourth-order valence-electron chi connectivity index (χ4n) is 1.96. The molecule has 2 aromatic rings. The average Bonchev–Trinajstić information content (AvgIpc) is 2.56. The summed E-state index contributed by atoms with van der Waals surface area (Å²) in [5.74, 6) is -0.429. The van der Waals surface area contributed by atoms with Crippen molar-refractivity contribution in [2.75, 3.05) is 36.2 Å². The van der Waals surface area contributed by atoms with Crippen LogP contribution in [0.3, 0.4) is 0 Å². The molecule has 3 N–H and O–H groups in total. The van der Waals surface area contributed by atoms with Crippen LogP contribution in [0, 0.1) is 0 Å². The van der Waals surface area contributed by atoms with Crippen LogP contribution in [-0.4, -0.2) is 32.1 Å². The van der Waals surface area contributed by atoms with Crippen LogP contribution in [0.1, 0.15) is 0 Å². The number of methoxy groups -OCH3 is 1. The first-order valence-electron chi connectivity index (χ1n) is 7.25. The van der Waals surface area contributed by atoms with Gasteiger partial charge in [-0.05, 0) is 42.5 Å². The first-order chi connectivity index (χ1) is 11.6. The topological polar surface area (TPSA) is 79.5 Å². The van der Waals surface area contributed by atoms with Crippen molar-refractivity contribution < 1.29 is 14.3 Å². The summed E-state index contributed by atoms with van der Waals surface area (Å²) in [7, 11) is 1.46. The maximum atomic E-state index is 11.9. The molecule has 7 heteroatoms. The number of hydrogen-bond acceptors (Lipinski definition) is 4. The fourth-order valence-corrected chi connectivity index (χ4v) is 2.08. The molecule has 0 aliphatic carbocycles. The van der Waals surface area contributed by atoms with Gasteiger partial charge >= 0.3 is 0 Å². The molecule has 0 aromatic heterocycles. The molecule has 0 atom stereocenters. The Labute approximate surface area is 145 Å². The summed E-state index contributed by atoms with van der Waals surface area (Å²) < 4.78 is 4.76. The molecule has 0 saturated heterocycles.